The van der Waals surface area contributed by atoms with Crippen LogP contribution in [0.3, 0.4) is 0 Å². The van der Waals surface area contributed by atoms with Gasteiger partial charge in [0.05, 0.1) is 4.90 Å². The first-order valence-electron chi connectivity index (χ1n) is 8.65. The van der Waals surface area contributed by atoms with Crippen LogP contribution >= 0.6 is 0 Å². The lowest BCUT2D eigenvalue weighted by Gasteiger charge is -2.31. The van der Waals surface area contributed by atoms with Crippen molar-refractivity contribution >= 4 is 10.0 Å². The van der Waals surface area contributed by atoms with Crippen molar-refractivity contribution in [2.75, 3.05) is 13.1 Å². The summed E-state index contributed by atoms with van der Waals surface area (Å²) in [6.45, 7) is 7.41. The van der Waals surface area contributed by atoms with Crippen LogP contribution in [-0.2, 0) is 15.4 Å². The normalized spacial score (nSPS) is 17.6. The Morgan fingerprint density at radius 3 is 2.20 bits per heavy atom. The minimum absolute atomic E-state index is 0.0121. The van der Waals surface area contributed by atoms with Crippen molar-refractivity contribution in [1.82, 2.24) is 14.3 Å². The second-order valence-corrected chi connectivity index (χ2v) is 9.52. The number of aromatic nitrogens is 2. The lowest BCUT2D eigenvalue weighted by Crippen LogP contribution is -2.38. The molecule has 1 aromatic heterocycles. The molecular weight excluding hydrogens is 334 g/mol. The third-order valence-corrected chi connectivity index (χ3v) is 6.75. The summed E-state index contributed by atoms with van der Waals surface area (Å²) in [5.41, 5.74) is 2.15. The first-order valence-corrected chi connectivity index (χ1v) is 10.1. The molecule has 0 radical (unpaired) electrons. The highest BCUT2D eigenvalue weighted by Crippen LogP contribution is 2.30. The lowest BCUT2D eigenvalue weighted by atomic mass is 9.87. The van der Waals surface area contributed by atoms with E-state index in [4.69, 9.17) is 0 Å². The SMILES string of the molecule is CC(C)(C)c1ccc(S(=O)(=O)N2CCC(c3ccncn3)CC2)cc1. The van der Waals surface area contributed by atoms with Crippen LogP contribution in [0, 0.1) is 0 Å². The molecule has 0 N–H and O–H groups in total. The van der Waals surface area contributed by atoms with Crippen LogP contribution in [0.2, 0.25) is 0 Å². The van der Waals surface area contributed by atoms with E-state index in [2.05, 4.69) is 30.7 Å². The topological polar surface area (TPSA) is 63.2 Å². The number of nitrogens with zero attached hydrogens (tertiary/aromatic N) is 3. The van der Waals surface area contributed by atoms with E-state index in [1.54, 1.807) is 29.0 Å². The third-order valence-electron chi connectivity index (χ3n) is 4.84. The number of sulfonamides is 1. The highest BCUT2D eigenvalue weighted by molar-refractivity contribution is 7.89. The maximum atomic E-state index is 12.9. The number of rotatable bonds is 3. The van der Waals surface area contributed by atoms with Gasteiger partial charge in [0.2, 0.25) is 10.0 Å². The second kappa shape index (κ2) is 6.84. The fourth-order valence-electron chi connectivity index (χ4n) is 3.21. The van der Waals surface area contributed by atoms with Crippen molar-refractivity contribution in [3.05, 3.63) is 54.1 Å². The molecule has 2 aromatic rings. The summed E-state index contributed by atoms with van der Waals surface area (Å²) in [5, 5.41) is 0. The number of benzene rings is 1. The fourth-order valence-corrected chi connectivity index (χ4v) is 4.68. The van der Waals surface area contributed by atoms with Gasteiger partial charge in [-0.15, -0.1) is 0 Å². The zero-order chi connectivity index (χ0) is 18.1. The Balaban J connectivity index is 1.72. The van der Waals surface area contributed by atoms with Crippen molar-refractivity contribution < 1.29 is 8.42 Å². The minimum atomic E-state index is -3.43. The molecule has 6 heteroatoms. The molecule has 0 bridgehead atoms. The van der Waals surface area contributed by atoms with Gasteiger partial charge in [0.1, 0.15) is 6.33 Å². The van der Waals surface area contributed by atoms with Crippen LogP contribution in [-0.4, -0.2) is 35.8 Å². The van der Waals surface area contributed by atoms with Gasteiger partial charge in [-0.3, -0.25) is 0 Å². The summed E-state index contributed by atoms with van der Waals surface area (Å²) in [4.78, 5) is 8.62. The molecule has 1 fully saturated rings. The van der Waals surface area contributed by atoms with Crippen LogP contribution in [0.25, 0.3) is 0 Å². The molecular formula is C19H25N3O2S. The van der Waals surface area contributed by atoms with Gasteiger partial charge in [-0.2, -0.15) is 4.31 Å². The Morgan fingerprint density at radius 1 is 1.04 bits per heavy atom. The Hall–Kier alpha value is -1.79. The van der Waals surface area contributed by atoms with E-state index in [9.17, 15) is 8.42 Å². The van der Waals surface area contributed by atoms with Crippen LogP contribution in [0.5, 0.6) is 0 Å². The van der Waals surface area contributed by atoms with Crippen LogP contribution in [0.4, 0.5) is 0 Å². The highest BCUT2D eigenvalue weighted by Gasteiger charge is 2.30. The Kier molecular flexibility index (Phi) is 4.93. The molecule has 25 heavy (non-hydrogen) atoms. The van der Waals surface area contributed by atoms with Crippen LogP contribution in [0.15, 0.2) is 47.8 Å². The molecule has 0 aliphatic carbocycles. The summed E-state index contributed by atoms with van der Waals surface area (Å²) in [5.74, 6) is 0.303. The Morgan fingerprint density at radius 2 is 1.68 bits per heavy atom. The molecule has 134 valence electrons. The quantitative estimate of drug-likeness (QED) is 0.843. The third kappa shape index (κ3) is 3.90. The lowest BCUT2D eigenvalue weighted by molar-refractivity contribution is 0.316. The molecule has 2 heterocycles. The zero-order valence-corrected chi connectivity index (χ0v) is 15.8. The van der Waals surface area contributed by atoms with E-state index in [0.717, 1.165) is 24.1 Å². The average molecular weight is 359 g/mol. The van der Waals surface area contributed by atoms with Gasteiger partial charge in [0.25, 0.3) is 0 Å². The van der Waals surface area contributed by atoms with Crippen molar-refractivity contribution in [2.24, 2.45) is 0 Å². The van der Waals surface area contributed by atoms with Crippen molar-refractivity contribution in [3.8, 4) is 0 Å². The van der Waals surface area contributed by atoms with E-state index in [0.29, 0.717) is 23.9 Å². The molecule has 1 aliphatic rings. The van der Waals surface area contributed by atoms with Gasteiger partial charge >= 0.3 is 0 Å². The summed E-state index contributed by atoms with van der Waals surface area (Å²) in [6.07, 6.45) is 4.87. The van der Waals surface area contributed by atoms with E-state index in [-0.39, 0.29) is 5.41 Å². The predicted molar refractivity (Wildman–Crippen MR) is 97.9 cm³/mol. The van der Waals surface area contributed by atoms with Gasteiger partial charge in [-0.1, -0.05) is 32.9 Å². The maximum absolute atomic E-state index is 12.9. The van der Waals surface area contributed by atoms with Gasteiger partial charge in [-0.25, -0.2) is 18.4 Å². The summed E-state index contributed by atoms with van der Waals surface area (Å²) >= 11 is 0. The van der Waals surface area contributed by atoms with Crippen molar-refractivity contribution in [1.29, 1.82) is 0 Å². The minimum Gasteiger partial charge on any atom is -0.245 e. The molecule has 3 rings (SSSR count). The Labute approximate surface area is 150 Å². The van der Waals surface area contributed by atoms with E-state index < -0.39 is 10.0 Å². The monoisotopic (exact) mass is 359 g/mol. The van der Waals surface area contributed by atoms with E-state index in [1.807, 2.05) is 18.2 Å². The van der Waals surface area contributed by atoms with Gasteiger partial charge in [0.15, 0.2) is 0 Å². The number of piperidine rings is 1. The Bertz CT molecular complexity index is 804. The van der Waals surface area contributed by atoms with E-state index in [1.165, 1.54) is 0 Å². The standard InChI is InChI=1S/C19H25N3O2S/c1-19(2,3)16-4-6-17(7-5-16)25(23,24)22-12-9-15(10-13-22)18-8-11-20-14-21-18/h4-8,11,14-15H,9-10,12-13H2,1-3H3. The predicted octanol–water partition coefficient (Wildman–Crippen LogP) is 3.34. The molecule has 0 spiro atoms. The molecule has 0 amide bonds. The summed E-state index contributed by atoms with van der Waals surface area (Å²) in [7, 11) is -3.43. The van der Waals surface area contributed by atoms with Gasteiger partial charge in [-0.05, 0) is 42.0 Å². The number of hydrogen-bond acceptors (Lipinski definition) is 4. The van der Waals surface area contributed by atoms with E-state index >= 15 is 0 Å². The molecule has 0 unspecified atom stereocenters. The molecule has 1 saturated heterocycles. The largest absolute Gasteiger partial charge is 0.245 e. The fraction of sp³-hybridized carbons (Fsp3) is 0.474. The maximum Gasteiger partial charge on any atom is 0.243 e. The molecule has 5 nitrogen and oxygen atoms in total. The molecule has 0 saturated carbocycles. The molecule has 0 atom stereocenters. The van der Waals surface area contributed by atoms with Crippen LogP contribution < -0.4 is 0 Å². The van der Waals surface area contributed by atoms with Crippen molar-refractivity contribution in [2.45, 2.75) is 49.8 Å². The smallest absolute Gasteiger partial charge is 0.243 e. The molecule has 1 aromatic carbocycles. The average Bonchev–Trinajstić information content (AvgIpc) is 2.62. The van der Waals surface area contributed by atoms with Crippen LogP contribution in [0.1, 0.15) is 50.8 Å². The summed E-state index contributed by atoms with van der Waals surface area (Å²) in [6, 6.07) is 9.21. The van der Waals surface area contributed by atoms with Gasteiger partial charge in [0, 0.05) is 30.9 Å². The molecule has 1 aliphatic heterocycles. The zero-order valence-electron chi connectivity index (χ0n) is 15.0. The summed E-state index contributed by atoms with van der Waals surface area (Å²) < 4.78 is 27.4. The van der Waals surface area contributed by atoms with Gasteiger partial charge < -0.3 is 0 Å². The first-order chi connectivity index (χ1) is 11.8. The number of hydrogen-bond donors (Lipinski definition) is 0. The first kappa shape index (κ1) is 18.0. The second-order valence-electron chi connectivity index (χ2n) is 7.59. The van der Waals surface area contributed by atoms with Crippen molar-refractivity contribution in [3.63, 3.8) is 0 Å². The highest BCUT2D eigenvalue weighted by atomic mass is 32.2.